The van der Waals surface area contributed by atoms with Gasteiger partial charge in [0.25, 0.3) is 0 Å². The average molecular weight is 307 g/mol. The van der Waals surface area contributed by atoms with Crippen molar-refractivity contribution in [2.75, 3.05) is 0 Å². The maximum absolute atomic E-state index is 12.7. The van der Waals surface area contributed by atoms with Gasteiger partial charge in [0.15, 0.2) is 0 Å². The van der Waals surface area contributed by atoms with E-state index >= 15 is 0 Å². The number of rotatable bonds is 3. The molecule has 0 saturated carbocycles. The molecule has 0 aliphatic carbocycles. The molecular weight excluding hydrogens is 291 g/mol. The van der Waals surface area contributed by atoms with Crippen molar-refractivity contribution in [2.24, 2.45) is 5.16 Å². The smallest absolute Gasteiger partial charge is 0.411 e. The Kier molecular flexibility index (Phi) is 4.26. The summed E-state index contributed by atoms with van der Waals surface area (Å²) < 4.78 is 38.1. The lowest BCUT2D eigenvalue weighted by Crippen LogP contribution is -2.32. The molecule has 1 unspecified atom stereocenters. The lowest BCUT2D eigenvalue weighted by atomic mass is 9.73. The highest BCUT2D eigenvalue weighted by Gasteiger charge is 2.35. The van der Waals surface area contributed by atoms with Crippen molar-refractivity contribution in [3.8, 4) is 0 Å². The third-order valence-corrected chi connectivity index (χ3v) is 4.01. The number of benzene rings is 2. The number of alkyl halides is 3. The molecule has 5 heteroatoms. The highest BCUT2D eigenvalue weighted by atomic mass is 19.4. The van der Waals surface area contributed by atoms with Gasteiger partial charge in [-0.25, -0.2) is 0 Å². The standard InChI is InChI=1S/C17H16F3NO/c1-12(21-22)16(2,13-6-4-3-5-7-13)14-8-10-15(11-9-14)17(18,19)20/h3-11,22H,1-2H3. The Hall–Kier alpha value is -2.30. The van der Waals surface area contributed by atoms with Gasteiger partial charge in [-0.2, -0.15) is 13.2 Å². The first-order valence-electron chi connectivity index (χ1n) is 6.72. The number of hydrogen-bond acceptors (Lipinski definition) is 2. The number of halogens is 3. The molecule has 0 saturated heterocycles. The number of nitrogens with zero attached hydrogens (tertiary/aromatic N) is 1. The fourth-order valence-corrected chi connectivity index (χ4v) is 2.45. The fourth-order valence-electron chi connectivity index (χ4n) is 2.45. The maximum atomic E-state index is 12.7. The summed E-state index contributed by atoms with van der Waals surface area (Å²) in [5, 5.41) is 12.5. The van der Waals surface area contributed by atoms with Crippen molar-refractivity contribution < 1.29 is 18.4 Å². The lowest BCUT2D eigenvalue weighted by Gasteiger charge is -2.30. The molecule has 22 heavy (non-hydrogen) atoms. The molecule has 116 valence electrons. The van der Waals surface area contributed by atoms with Crippen molar-refractivity contribution in [3.63, 3.8) is 0 Å². The average Bonchev–Trinajstić information content (AvgIpc) is 2.53. The second-order valence-electron chi connectivity index (χ2n) is 5.25. The molecule has 2 aromatic carbocycles. The molecule has 0 aliphatic rings. The van der Waals surface area contributed by atoms with E-state index in [0.717, 1.165) is 17.7 Å². The summed E-state index contributed by atoms with van der Waals surface area (Å²) in [5.41, 5.74) is 0.357. The van der Waals surface area contributed by atoms with Crippen LogP contribution in [0.3, 0.4) is 0 Å². The minimum Gasteiger partial charge on any atom is -0.411 e. The van der Waals surface area contributed by atoms with Crippen LogP contribution in [0.2, 0.25) is 0 Å². The molecule has 0 bridgehead atoms. The van der Waals surface area contributed by atoms with Crippen LogP contribution in [0.15, 0.2) is 59.8 Å². The molecule has 2 nitrogen and oxygen atoms in total. The van der Waals surface area contributed by atoms with Gasteiger partial charge in [-0.15, -0.1) is 0 Å². The highest BCUT2D eigenvalue weighted by molar-refractivity contribution is 5.95. The molecule has 2 aromatic rings. The SMILES string of the molecule is CC(=NO)C(C)(c1ccccc1)c1ccc(C(F)(F)F)cc1. The van der Waals surface area contributed by atoms with Gasteiger partial charge >= 0.3 is 6.18 Å². The minimum atomic E-state index is -4.37. The molecular formula is C17H16F3NO. The zero-order chi connectivity index (χ0) is 16.4. The highest BCUT2D eigenvalue weighted by Crippen LogP contribution is 2.36. The summed E-state index contributed by atoms with van der Waals surface area (Å²) >= 11 is 0. The second-order valence-corrected chi connectivity index (χ2v) is 5.25. The second kappa shape index (κ2) is 5.83. The Morgan fingerprint density at radius 1 is 0.864 bits per heavy atom. The van der Waals surface area contributed by atoms with Crippen LogP contribution in [0.4, 0.5) is 13.2 Å². The lowest BCUT2D eigenvalue weighted by molar-refractivity contribution is -0.137. The Morgan fingerprint density at radius 2 is 1.32 bits per heavy atom. The number of hydrogen-bond donors (Lipinski definition) is 1. The van der Waals surface area contributed by atoms with Crippen LogP contribution in [0, 0.1) is 0 Å². The Bertz CT molecular complexity index is 663. The molecule has 0 aliphatic heterocycles. The van der Waals surface area contributed by atoms with E-state index in [1.165, 1.54) is 12.1 Å². The number of oxime groups is 1. The van der Waals surface area contributed by atoms with Crippen molar-refractivity contribution in [2.45, 2.75) is 25.4 Å². The third-order valence-electron chi connectivity index (χ3n) is 4.01. The van der Waals surface area contributed by atoms with Gasteiger partial charge < -0.3 is 5.21 Å². The molecule has 0 aromatic heterocycles. The normalized spacial score (nSPS) is 15.4. The fraction of sp³-hybridized carbons (Fsp3) is 0.235. The Balaban J connectivity index is 2.57. The molecule has 0 spiro atoms. The topological polar surface area (TPSA) is 32.6 Å². The summed E-state index contributed by atoms with van der Waals surface area (Å²) in [6.07, 6.45) is -4.37. The van der Waals surface area contributed by atoms with Crippen molar-refractivity contribution in [3.05, 3.63) is 71.3 Å². The van der Waals surface area contributed by atoms with Crippen LogP contribution in [-0.4, -0.2) is 10.9 Å². The van der Waals surface area contributed by atoms with Crippen molar-refractivity contribution in [1.29, 1.82) is 0 Å². The molecule has 0 heterocycles. The summed E-state index contributed by atoms with van der Waals surface area (Å²) in [5.74, 6) is 0. The van der Waals surface area contributed by atoms with Gasteiger partial charge in [0, 0.05) is 0 Å². The minimum absolute atomic E-state index is 0.401. The van der Waals surface area contributed by atoms with E-state index in [-0.39, 0.29) is 0 Å². The van der Waals surface area contributed by atoms with Gasteiger partial charge in [0.1, 0.15) is 0 Å². The molecule has 1 atom stereocenters. The van der Waals surface area contributed by atoms with Crippen LogP contribution in [-0.2, 0) is 11.6 Å². The van der Waals surface area contributed by atoms with E-state index in [9.17, 15) is 18.4 Å². The van der Waals surface area contributed by atoms with Gasteiger partial charge in [-0.3, -0.25) is 0 Å². The van der Waals surface area contributed by atoms with Crippen LogP contribution in [0.25, 0.3) is 0 Å². The molecule has 0 amide bonds. The van der Waals surface area contributed by atoms with Crippen LogP contribution in [0.5, 0.6) is 0 Å². The van der Waals surface area contributed by atoms with E-state index < -0.39 is 17.2 Å². The van der Waals surface area contributed by atoms with Crippen LogP contribution in [0.1, 0.15) is 30.5 Å². The van der Waals surface area contributed by atoms with E-state index in [2.05, 4.69) is 5.16 Å². The monoisotopic (exact) mass is 307 g/mol. The molecule has 2 rings (SSSR count). The third kappa shape index (κ3) is 2.84. The van der Waals surface area contributed by atoms with Gasteiger partial charge in [-0.05, 0) is 37.1 Å². The first-order chi connectivity index (χ1) is 10.3. The van der Waals surface area contributed by atoms with Gasteiger partial charge in [0.05, 0.1) is 16.7 Å². The van der Waals surface area contributed by atoms with Crippen LogP contribution < -0.4 is 0 Å². The summed E-state index contributed by atoms with van der Waals surface area (Å²) in [7, 11) is 0. The summed E-state index contributed by atoms with van der Waals surface area (Å²) in [6, 6.07) is 14.2. The van der Waals surface area contributed by atoms with E-state index in [1.807, 2.05) is 37.3 Å². The van der Waals surface area contributed by atoms with Crippen molar-refractivity contribution >= 4 is 5.71 Å². The van der Waals surface area contributed by atoms with E-state index in [1.54, 1.807) is 6.92 Å². The quantitative estimate of drug-likeness (QED) is 0.490. The zero-order valence-electron chi connectivity index (χ0n) is 12.2. The molecule has 1 N–H and O–H groups in total. The van der Waals surface area contributed by atoms with Gasteiger partial charge in [-0.1, -0.05) is 47.6 Å². The van der Waals surface area contributed by atoms with E-state index in [4.69, 9.17) is 0 Å². The first kappa shape index (κ1) is 16.1. The van der Waals surface area contributed by atoms with E-state index in [0.29, 0.717) is 11.3 Å². The van der Waals surface area contributed by atoms with Gasteiger partial charge in [0.2, 0.25) is 0 Å². The molecule has 0 fully saturated rings. The predicted octanol–water partition coefficient (Wildman–Crippen LogP) is 4.86. The largest absolute Gasteiger partial charge is 0.416 e. The first-order valence-corrected chi connectivity index (χ1v) is 6.72. The summed E-state index contributed by atoms with van der Waals surface area (Å²) in [6.45, 7) is 3.46. The Labute approximate surface area is 126 Å². The predicted molar refractivity (Wildman–Crippen MR) is 79.2 cm³/mol. The summed E-state index contributed by atoms with van der Waals surface area (Å²) in [4.78, 5) is 0. The zero-order valence-corrected chi connectivity index (χ0v) is 12.2. The maximum Gasteiger partial charge on any atom is 0.416 e. The molecule has 0 radical (unpaired) electrons. The van der Waals surface area contributed by atoms with Crippen molar-refractivity contribution in [1.82, 2.24) is 0 Å². The van der Waals surface area contributed by atoms with Crippen LogP contribution >= 0.6 is 0 Å². The Morgan fingerprint density at radius 3 is 1.77 bits per heavy atom.